The van der Waals surface area contributed by atoms with Crippen LogP contribution >= 0.6 is 0 Å². The predicted octanol–water partition coefficient (Wildman–Crippen LogP) is 2.57. The summed E-state index contributed by atoms with van der Waals surface area (Å²) in [6.07, 6.45) is 6.45. The van der Waals surface area contributed by atoms with E-state index in [-0.39, 0.29) is 0 Å². The van der Waals surface area contributed by atoms with Gasteiger partial charge >= 0.3 is 0 Å². The third kappa shape index (κ3) is 2.68. The molecule has 2 aliphatic rings. The minimum Gasteiger partial charge on any atom is -0.338 e. The van der Waals surface area contributed by atoms with Crippen LogP contribution in [0.25, 0.3) is 0 Å². The molecule has 1 aromatic heterocycles. The van der Waals surface area contributed by atoms with E-state index in [2.05, 4.69) is 22.0 Å². The molecule has 1 saturated heterocycles. The van der Waals surface area contributed by atoms with E-state index >= 15 is 0 Å². The Labute approximate surface area is 102 Å². The van der Waals surface area contributed by atoms with Crippen molar-refractivity contribution in [3.63, 3.8) is 0 Å². The predicted molar refractivity (Wildman–Crippen MR) is 64.6 cm³/mol. The van der Waals surface area contributed by atoms with Crippen LogP contribution in [-0.2, 0) is 6.54 Å². The maximum absolute atomic E-state index is 5.33. The summed E-state index contributed by atoms with van der Waals surface area (Å²) in [5, 5.41) is 4.07. The lowest BCUT2D eigenvalue weighted by Crippen LogP contribution is -2.34. The lowest BCUT2D eigenvalue weighted by molar-refractivity contribution is 0.148. The standard InChI is InChI=1S/C13H21N3O/c1-2-10-4-3-7-16(8-10)9-12-14-13(15-17-12)11-5-6-11/h10-11H,2-9H2,1H3/t10-/m0/s1. The van der Waals surface area contributed by atoms with Crippen LogP contribution in [-0.4, -0.2) is 28.1 Å². The number of hydrogen-bond donors (Lipinski definition) is 0. The third-order valence-electron chi connectivity index (χ3n) is 3.97. The topological polar surface area (TPSA) is 42.2 Å². The molecular weight excluding hydrogens is 214 g/mol. The molecule has 4 heteroatoms. The summed E-state index contributed by atoms with van der Waals surface area (Å²) < 4.78 is 5.33. The first-order chi connectivity index (χ1) is 8.35. The van der Waals surface area contributed by atoms with Crippen LogP contribution in [0, 0.1) is 5.92 Å². The van der Waals surface area contributed by atoms with E-state index in [9.17, 15) is 0 Å². The molecule has 0 amide bonds. The van der Waals surface area contributed by atoms with E-state index in [1.807, 2.05) is 0 Å². The highest BCUT2D eigenvalue weighted by Crippen LogP contribution is 2.38. The SMILES string of the molecule is CC[C@H]1CCCN(Cc2nc(C3CC3)no2)C1. The maximum Gasteiger partial charge on any atom is 0.240 e. The minimum absolute atomic E-state index is 0.595. The Morgan fingerprint density at radius 1 is 1.35 bits per heavy atom. The van der Waals surface area contributed by atoms with Crippen LogP contribution in [0.1, 0.15) is 56.7 Å². The molecule has 1 aliphatic heterocycles. The first-order valence-corrected chi connectivity index (χ1v) is 6.90. The van der Waals surface area contributed by atoms with Gasteiger partial charge in [0.25, 0.3) is 0 Å². The van der Waals surface area contributed by atoms with Gasteiger partial charge < -0.3 is 4.52 Å². The van der Waals surface area contributed by atoms with Crippen molar-refractivity contribution in [2.45, 2.75) is 51.5 Å². The van der Waals surface area contributed by atoms with Crippen LogP contribution in [0.4, 0.5) is 0 Å². The summed E-state index contributed by atoms with van der Waals surface area (Å²) in [6.45, 7) is 5.50. The van der Waals surface area contributed by atoms with Crippen LogP contribution in [0.5, 0.6) is 0 Å². The van der Waals surface area contributed by atoms with Crippen molar-refractivity contribution in [3.05, 3.63) is 11.7 Å². The van der Waals surface area contributed by atoms with Crippen molar-refractivity contribution in [1.29, 1.82) is 0 Å². The van der Waals surface area contributed by atoms with Gasteiger partial charge in [-0.3, -0.25) is 4.90 Å². The van der Waals surface area contributed by atoms with E-state index in [0.29, 0.717) is 5.92 Å². The fourth-order valence-electron chi connectivity index (χ4n) is 2.66. The minimum atomic E-state index is 0.595. The van der Waals surface area contributed by atoms with Crippen LogP contribution in [0.15, 0.2) is 4.52 Å². The number of hydrogen-bond acceptors (Lipinski definition) is 4. The van der Waals surface area contributed by atoms with Crippen molar-refractivity contribution in [1.82, 2.24) is 15.0 Å². The highest BCUT2D eigenvalue weighted by atomic mass is 16.5. The Morgan fingerprint density at radius 3 is 3.00 bits per heavy atom. The van der Waals surface area contributed by atoms with Crippen molar-refractivity contribution in [2.75, 3.05) is 13.1 Å². The molecule has 17 heavy (non-hydrogen) atoms. The van der Waals surface area contributed by atoms with Gasteiger partial charge in [0.05, 0.1) is 6.54 Å². The highest BCUT2D eigenvalue weighted by molar-refractivity contribution is 5.03. The number of likely N-dealkylation sites (tertiary alicyclic amines) is 1. The zero-order valence-corrected chi connectivity index (χ0v) is 10.6. The molecule has 0 bridgehead atoms. The van der Waals surface area contributed by atoms with Crippen molar-refractivity contribution in [2.24, 2.45) is 5.92 Å². The largest absolute Gasteiger partial charge is 0.338 e. The van der Waals surface area contributed by atoms with Gasteiger partial charge in [0.1, 0.15) is 0 Å². The van der Waals surface area contributed by atoms with Crippen molar-refractivity contribution >= 4 is 0 Å². The monoisotopic (exact) mass is 235 g/mol. The molecule has 0 N–H and O–H groups in total. The quantitative estimate of drug-likeness (QED) is 0.804. The number of nitrogens with zero attached hydrogens (tertiary/aromatic N) is 3. The molecule has 1 aliphatic carbocycles. The van der Waals surface area contributed by atoms with E-state index in [4.69, 9.17) is 4.52 Å². The highest BCUT2D eigenvalue weighted by Gasteiger charge is 2.29. The molecule has 94 valence electrons. The average molecular weight is 235 g/mol. The fourth-order valence-corrected chi connectivity index (χ4v) is 2.66. The number of rotatable bonds is 4. The van der Waals surface area contributed by atoms with Gasteiger partial charge in [-0.25, -0.2) is 0 Å². The average Bonchev–Trinajstić information content (AvgIpc) is 3.11. The van der Waals surface area contributed by atoms with Gasteiger partial charge in [0, 0.05) is 12.5 Å². The zero-order chi connectivity index (χ0) is 11.7. The Morgan fingerprint density at radius 2 is 2.24 bits per heavy atom. The Kier molecular flexibility index (Phi) is 3.14. The third-order valence-corrected chi connectivity index (χ3v) is 3.97. The second-order valence-corrected chi connectivity index (χ2v) is 5.47. The van der Waals surface area contributed by atoms with Gasteiger partial charge in [-0.15, -0.1) is 0 Å². The van der Waals surface area contributed by atoms with Gasteiger partial charge in [-0.1, -0.05) is 18.5 Å². The fraction of sp³-hybridized carbons (Fsp3) is 0.846. The summed E-state index contributed by atoms with van der Waals surface area (Å²) in [7, 11) is 0. The van der Waals surface area contributed by atoms with Gasteiger partial charge in [-0.05, 0) is 38.1 Å². The normalized spacial score (nSPS) is 26.3. The lowest BCUT2D eigenvalue weighted by atomic mass is 9.96. The molecule has 3 rings (SSSR count). The van der Waals surface area contributed by atoms with E-state index in [1.165, 1.54) is 45.2 Å². The van der Waals surface area contributed by atoms with E-state index in [1.54, 1.807) is 0 Å². The summed E-state index contributed by atoms with van der Waals surface area (Å²) >= 11 is 0. The summed E-state index contributed by atoms with van der Waals surface area (Å²) in [5.41, 5.74) is 0. The smallest absolute Gasteiger partial charge is 0.240 e. The Bertz CT molecular complexity index is 372. The number of piperidine rings is 1. The Balaban J connectivity index is 1.57. The lowest BCUT2D eigenvalue weighted by Gasteiger charge is -2.30. The zero-order valence-electron chi connectivity index (χ0n) is 10.6. The molecule has 2 fully saturated rings. The Hall–Kier alpha value is -0.900. The molecule has 0 radical (unpaired) electrons. The second kappa shape index (κ2) is 4.77. The molecule has 1 aromatic rings. The van der Waals surface area contributed by atoms with Gasteiger partial charge in [-0.2, -0.15) is 4.98 Å². The molecule has 0 unspecified atom stereocenters. The van der Waals surface area contributed by atoms with Crippen LogP contribution in [0.3, 0.4) is 0 Å². The molecule has 0 spiro atoms. The van der Waals surface area contributed by atoms with Crippen molar-refractivity contribution in [3.8, 4) is 0 Å². The van der Waals surface area contributed by atoms with Crippen LogP contribution in [0.2, 0.25) is 0 Å². The van der Waals surface area contributed by atoms with E-state index < -0.39 is 0 Å². The molecular formula is C13H21N3O. The summed E-state index contributed by atoms with van der Waals surface area (Å²) in [4.78, 5) is 6.96. The van der Waals surface area contributed by atoms with E-state index in [0.717, 1.165) is 24.2 Å². The van der Waals surface area contributed by atoms with Gasteiger partial charge in [0.15, 0.2) is 5.82 Å². The summed E-state index contributed by atoms with van der Waals surface area (Å²) in [5.74, 6) is 3.19. The molecule has 4 nitrogen and oxygen atoms in total. The molecule has 0 aromatic carbocycles. The van der Waals surface area contributed by atoms with Gasteiger partial charge in [0.2, 0.25) is 5.89 Å². The molecule has 1 atom stereocenters. The first-order valence-electron chi connectivity index (χ1n) is 6.90. The molecule has 1 saturated carbocycles. The second-order valence-electron chi connectivity index (χ2n) is 5.47. The summed E-state index contributed by atoms with van der Waals surface area (Å²) in [6, 6.07) is 0. The van der Waals surface area contributed by atoms with Crippen molar-refractivity contribution < 1.29 is 4.52 Å². The first kappa shape index (κ1) is 11.2. The molecule has 2 heterocycles. The van der Waals surface area contributed by atoms with Crippen LogP contribution < -0.4 is 0 Å². The maximum atomic E-state index is 5.33. The number of aromatic nitrogens is 2.